The largest absolute Gasteiger partial charge is 0.461 e. The molecule has 2 aromatic heterocycles. The molecule has 110 valence electrons. The lowest BCUT2D eigenvalue weighted by Crippen LogP contribution is -2.40. The molecule has 0 saturated carbocycles. The Kier molecular flexibility index (Phi) is 6.49. The predicted molar refractivity (Wildman–Crippen MR) is 88.0 cm³/mol. The molecule has 2 aromatic rings. The fourth-order valence-electron chi connectivity index (χ4n) is 1.53. The normalized spacial score (nSPS) is 11.3. The van der Waals surface area contributed by atoms with Crippen molar-refractivity contribution in [1.82, 2.24) is 25.8 Å². The standard InChI is InChI=1S/C12H18N6O.HI/c1-8(2)15-12(13-3)14-7-10-16-11(18-17-10)9-5-4-6-19-9;/h4-6,8H,7H2,1-3H3,(H2,13,14,15)(H,16,17,18);1H. The number of guanidine groups is 1. The first-order chi connectivity index (χ1) is 9.19. The van der Waals surface area contributed by atoms with Gasteiger partial charge in [-0.05, 0) is 26.0 Å². The van der Waals surface area contributed by atoms with Gasteiger partial charge in [-0.15, -0.1) is 29.1 Å². The molecule has 0 aromatic carbocycles. The molecule has 0 radical (unpaired) electrons. The molecule has 0 aliphatic carbocycles. The van der Waals surface area contributed by atoms with E-state index >= 15 is 0 Å². The smallest absolute Gasteiger partial charge is 0.216 e. The van der Waals surface area contributed by atoms with Gasteiger partial charge in [-0.25, -0.2) is 4.98 Å². The monoisotopic (exact) mass is 390 g/mol. The molecular formula is C12H19IN6O. The van der Waals surface area contributed by atoms with Gasteiger partial charge in [0.25, 0.3) is 0 Å². The average Bonchev–Trinajstić information content (AvgIpc) is 3.03. The zero-order chi connectivity index (χ0) is 13.7. The highest BCUT2D eigenvalue weighted by Gasteiger charge is 2.08. The second-order valence-electron chi connectivity index (χ2n) is 4.31. The quantitative estimate of drug-likeness (QED) is 0.421. The van der Waals surface area contributed by atoms with Crippen molar-refractivity contribution < 1.29 is 4.42 Å². The molecule has 2 heterocycles. The van der Waals surface area contributed by atoms with Crippen LogP contribution in [0.1, 0.15) is 19.7 Å². The van der Waals surface area contributed by atoms with Crippen molar-refractivity contribution in [3.05, 3.63) is 24.2 Å². The van der Waals surface area contributed by atoms with Crippen LogP contribution in [0.15, 0.2) is 27.8 Å². The average molecular weight is 390 g/mol. The van der Waals surface area contributed by atoms with Gasteiger partial charge in [0.15, 0.2) is 11.7 Å². The predicted octanol–water partition coefficient (Wildman–Crippen LogP) is 1.76. The van der Waals surface area contributed by atoms with Gasteiger partial charge in [0, 0.05) is 13.1 Å². The molecule has 3 N–H and O–H groups in total. The van der Waals surface area contributed by atoms with Gasteiger partial charge in [-0.3, -0.25) is 10.1 Å². The Morgan fingerprint density at radius 1 is 1.50 bits per heavy atom. The highest BCUT2D eigenvalue weighted by Crippen LogP contribution is 2.13. The van der Waals surface area contributed by atoms with Crippen molar-refractivity contribution in [2.24, 2.45) is 4.99 Å². The Hall–Kier alpha value is -1.58. The zero-order valence-corrected chi connectivity index (χ0v) is 14.0. The van der Waals surface area contributed by atoms with Crippen molar-refractivity contribution >= 4 is 29.9 Å². The molecule has 0 saturated heterocycles. The summed E-state index contributed by atoms with van der Waals surface area (Å²) in [5.41, 5.74) is 0. The third kappa shape index (κ3) is 4.51. The van der Waals surface area contributed by atoms with E-state index in [0.717, 1.165) is 11.8 Å². The second-order valence-corrected chi connectivity index (χ2v) is 4.31. The van der Waals surface area contributed by atoms with E-state index in [4.69, 9.17) is 4.42 Å². The number of H-pyrrole nitrogens is 1. The minimum absolute atomic E-state index is 0. The van der Waals surface area contributed by atoms with Crippen LogP contribution in [-0.2, 0) is 6.54 Å². The molecule has 0 aliphatic rings. The van der Waals surface area contributed by atoms with Crippen LogP contribution in [0.5, 0.6) is 0 Å². The summed E-state index contributed by atoms with van der Waals surface area (Å²) >= 11 is 0. The first kappa shape index (κ1) is 16.5. The molecule has 0 fully saturated rings. The number of rotatable bonds is 4. The maximum Gasteiger partial charge on any atom is 0.216 e. The summed E-state index contributed by atoms with van der Waals surface area (Å²) in [6, 6.07) is 3.94. The number of aromatic nitrogens is 3. The lowest BCUT2D eigenvalue weighted by molar-refractivity contribution is 0.577. The third-order valence-electron chi connectivity index (χ3n) is 2.35. The van der Waals surface area contributed by atoms with Crippen molar-refractivity contribution in [1.29, 1.82) is 0 Å². The lowest BCUT2D eigenvalue weighted by atomic mass is 10.4. The van der Waals surface area contributed by atoms with Crippen molar-refractivity contribution in [3.8, 4) is 11.6 Å². The van der Waals surface area contributed by atoms with Gasteiger partial charge in [-0.2, -0.15) is 0 Å². The molecule has 0 bridgehead atoms. The van der Waals surface area contributed by atoms with Gasteiger partial charge in [0.2, 0.25) is 5.82 Å². The summed E-state index contributed by atoms with van der Waals surface area (Å²) in [6.07, 6.45) is 1.60. The Morgan fingerprint density at radius 2 is 2.30 bits per heavy atom. The van der Waals surface area contributed by atoms with E-state index < -0.39 is 0 Å². The van der Waals surface area contributed by atoms with Crippen LogP contribution in [-0.4, -0.2) is 34.2 Å². The van der Waals surface area contributed by atoms with Crippen LogP contribution in [0.25, 0.3) is 11.6 Å². The van der Waals surface area contributed by atoms with Crippen LogP contribution in [0.2, 0.25) is 0 Å². The molecule has 0 unspecified atom stereocenters. The second kappa shape index (κ2) is 7.88. The number of aliphatic imine (C=N–C) groups is 1. The minimum atomic E-state index is 0. The van der Waals surface area contributed by atoms with E-state index in [-0.39, 0.29) is 24.0 Å². The van der Waals surface area contributed by atoms with E-state index in [9.17, 15) is 0 Å². The number of nitrogens with zero attached hydrogens (tertiary/aromatic N) is 3. The molecule has 2 rings (SSSR count). The van der Waals surface area contributed by atoms with Gasteiger partial charge in [0.05, 0.1) is 12.8 Å². The van der Waals surface area contributed by atoms with E-state index in [1.165, 1.54) is 0 Å². The fourth-order valence-corrected chi connectivity index (χ4v) is 1.53. The zero-order valence-electron chi connectivity index (χ0n) is 11.7. The van der Waals surface area contributed by atoms with Crippen molar-refractivity contribution in [2.75, 3.05) is 7.05 Å². The molecule has 0 aliphatic heterocycles. The van der Waals surface area contributed by atoms with Crippen LogP contribution in [0.4, 0.5) is 0 Å². The van der Waals surface area contributed by atoms with E-state index in [1.54, 1.807) is 19.4 Å². The fraction of sp³-hybridized carbons (Fsp3) is 0.417. The van der Waals surface area contributed by atoms with Gasteiger partial charge < -0.3 is 15.1 Å². The summed E-state index contributed by atoms with van der Waals surface area (Å²) in [7, 11) is 1.73. The van der Waals surface area contributed by atoms with Crippen LogP contribution in [0.3, 0.4) is 0 Å². The summed E-state index contributed by atoms with van der Waals surface area (Å²) in [4.78, 5) is 8.45. The van der Waals surface area contributed by atoms with Crippen molar-refractivity contribution in [2.45, 2.75) is 26.4 Å². The third-order valence-corrected chi connectivity index (χ3v) is 2.35. The number of nitrogens with one attached hydrogen (secondary N) is 3. The number of hydrogen-bond acceptors (Lipinski definition) is 4. The number of aromatic amines is 1. The van der Waals surface area contributed by atoms with E-state index in [0.29, 0.717) is 24.2 Å². The highest BCUT2D eigenvalue weighted by molar-refractivity contribution is 14.0. The molecule has 0 atom stereocenters. The van der Waals surface area contributed by atoms with Crippen molar-refractivity contribution in [3.63, 3.8) is 0 Å². The molecule has 0 amide bonds. The molecule has 20 heavy (non-hydrogen) atoms. The van der Waals surface area contributed by atoms with Crippen LogP contribution < -0.4 is 10.6 Å². The van der Waals surface area contributed by atoms with E-state index in [2.05, 4.69) is 44.7 Å². The maximum absolute atomic E-state index is 5.23. The SMILES string of the molecule is CN=C(NCc1nc(-c2ccco2)n[nH]1)NC(C)C.I. The Bertz CT molecular complexity index is 534. The van der Waals surface area contributed by atoms with Gasteiger partial charge in [0.1, 0.15) is 5.82 Å². The minimum Gasteiger partial charge on any atom is -0.461 e. The molecule has 7 nitrogen and oxygen atoms in total. The Morgan fingerprint density at radius 3 is 2.90 bits per heavy atom. The highest BCUT2D eigenvalue weighted by atomic mass is 127. The summed E-state index contributed by atoms with van der Waals surface area (Å²) < 4.78 is 5.23. The Labute approximate surface area is 134 Å². The summed E-state index contributed by atoms with van der Waals surface area (Å²) in [5.74, 6) is 2.64. The van der Waals surface area contributed by atoms with Gasteiger partial charge in [-0.1, -0.05) is 0 Å². The van der Waals surface area contributed by atoms with Crippen LogP contribution >= 0.6 is 24.0 Å². The summed E-state index contributed by atoms with van der Waals surface area (Å²) in [6.45, 7) is 4.62. The Balaban J connectivity index is 0.00000200. The number of halogens is 1. The molecular weight excluding hydrogens is 371 g/mol. The lowest BCUT2D eigenvalue weighted by Gasteiger charge is -2.13. The maximum atomic E-state index is 5.23. The van der Waals surface area contributed by atoms with E-state index in [1.807, 2.05) is 6.07 Å². The summed E-state index contributed by atoms with van der Waals surface area (Å²) in [5, 5.41) is 13.3. The molecule has 8 heteroatoms. The first-order valence-corrected chi connectivity index (χ1v) is 6.11. The topological polar surface area (TPSA) is 91.1 Å². The van der Waals surface area contributed by atoms with Crippen LogP contribution in [0, 0.1) is 0 Å². The number of furan rings is 1. The van der Waals surface area contributed by atoms with Gasteiger partial charge >= 0.3 is 0 Å². The first-order valence-electron chi connectivity index (χ1n) is 6.11. The molecule has 0 spiro atoms. The number of hydrogen-bond donors (Lipinski definition) is 3.